The van der Waals surface area contributed by atoms with Gasteiger partial charge in [0.1, 0.15) is 6.04 Å². The molecule has 1 N–H and O–H groups in total. The van der Waals surface area contributed by atoms with E-state index in [-0.39, 0.29) is 14.6 Å². The second kappa shape index (κ2) is 5.74. The highest BCUT2D eigenvalue weighted by Gasteiger charge is 2.38. The Morgan fingerprint density at radius 2 is 2.32 bits per heavy atom. The summed E-state index contributed by atoms with van der Waals surface area (Å²) in [6.45, 7) is 0.343. The third-order valence-electron chi connectivity index (χ3n) is 3.02. The van der Waals surface area contributed by atoms with E-state index in [1.807, 2.05) is 0 Å². The number of carbonyl (C=O) groups excluding carboxylic acids is 1. The van der Waals surface area contributed by atoms with Gasteiger partial charge in [-0.25, -0.2) is 13.4 Å². The van der Waals surface area contributed by atoms with Crippen LogP contribution in [0.25, 0.3) is 0 Å². The average Bonchev–Trinajstić information content (AvgIpc) is 2.85. The summed E-state index contributed by atoms with van der Waals surface area (Å²) >= 11 is 6.58. The van der Waals surface area contributed by atoms with Gasteiger partial charge in [0.25, 0.3) is 10.0 Å². The van der Waals surface area contributed by atoms with Gasteiger partial charge >= 0.3 is 0 Å². The van der Waals surface area contributed by atoms with E-state index in [0.29, 0.717) is 13.0 Å². The van der Waals surface area contributed by atoms with Crippen molar-refractivity contribution in [3.8, 4) is 0 Å². The maximum atomic E-state index is 12.5. The lowest BCUT2D eigenvalue weighted by molar-refractivity contribution is -0.125. The van der Waals surface area contributed by atoms with E-state index in [1.165, 1.54) is 17.5 Å². The van der Waals surface area contributed by atoms with Crippen molar-refractivity contribution in [2.45, 2.75) is 29.5 Å². The molecule has 1 saturated heterocycles. The number of nitrogens with zero attached hydrogens (tertiary/aromatic N) is 2. The van der Waals surface area contributed by atoms with Gasteiger partial charge in [-0.3, -0.25) is 4.79 Å². The Bertz CT molecular complexity index is 572. The average molecular weight is 324 g/mol. The second-order valence-corrected chi connectivity index (χ2v) is 7.90. The molecule has 0 radical (unpaired) electrons. The molecule has 0 saturated carbocycles. The molecule has 1 atom stereocenters. The Hall–Kier alpha value is -0.700. The zero-order valence-corrected chi connectivity index (χ0v) is 12.7. The van der Waals surface area contributed by atoms with Crippen molar-refractivity contribution in [1.82, 2.24) is 14.6 Å². The van der Waals surface area contributed by atoms with Gasteiger partial charge in [-0.2, -0.15) is 4.31 Å². The Morgan fingerprint density at radius 1 is 1.58 bits per heavy atom. The predicted octanol–water partition coefficient (Wildman–Crippen LogP) is 1.09. The first-order valence-electron chi connectivity index (χ1n) is 5.81. The van der Waals surface area contributed by atoms with Crippen LogP contribution in [0.4, 0.5) is 0 Å². The smallest absolute Gasteiger partial charge is 0.254 e. The minimum Gasteiger partial charge on any atom is -0.358 e. The lowest BCUT2D eigenvalue weighted by atomic mass is 10.0. The minimum atomic E-state index is -3.70. The molecule has 0 aromatic carbocycles. The van der Waals surface area contributed by atoms with Gasteiger partial charge in [0, 0.05) is 13.6 Å². The third kappa shape index (κ3) is 2.91. The number of likely N-dealkylation sites (N-methyl/N-ethyl adjacent to an activating group) is 1. The van der Waals surface area contributed by atoms with Crippen molar-refractivity contribution >= 4 is 38.9 Å². The number of thiazole rings is 1. The molecule has 1 aromatic heterocycles. The van der Waals surface area contributed by atoms with Gasteiger partial charge in [0.2, 0.25) is 5.91 Å². The van der Waals surface area contributed by atoms with E-state index < -0.39 is 16.1 Å². The first kappa shape index (κ1) is 14.7. The normalized spacial score (nSPS) is 21.3. The highest BCUT2D eigenvalue weighted by atomic mass is 35.5. The summed E-state index contributed by atoms with van der Waals surface area (Å²) in [5.74, 6) is -0.279. The van der Waals surface area contributed by atoms with Gasteiger partial charge in [-0.1, -0.05) is 29.4 Å². The monoisotopic (exact) mass is 323 g/mol. The number of hydrogen-bond donors (Lipinski definition) is 1. The third-order valence-corrected chi connectivity index (χ3v) is 6.48. The highest BCUT2D eigenvalue weighted by molar-refractivity contribution is 7.91. The molecular weight excluding hydrogens is 310 g/mol. The molecule has 1 amide bonds. The molecule has 0 bridgehead atoms. The Labute approximate surface area is 120 Å². The van der Waals surface area contributed by atoms with Crippen molar-refractivity contribution < 1.29 is 13.2 Å². The zero-order valence-electron chi connectivity index (χ0n) is 10.3. The molecule has 1 unspecified atom stereocenters. The van der Waals surface area contributed by atoms with Crippen LogP contribution in [0, 0.1) is 0 Å². The Balaban J connectivity index is 2.34. The SMILES string of the molecule is CNC(=O)C1CCCCN1S(=O)(=O)c1cnc(Cl)s1. The summed E-state index contributed by atoms with van der Waals surface area (Å²) < 4.78 is 26.5. The van der Waals surface area contributed by atoms with Gasteiger partial charge < -0.3 is 5.32 Å². The number of rotatable bonds is 3. The summed E-state index contributed by atoms with van der Waals surface area (Å²) in [6, 6.07) is -0.648. The van der Waals surface area contributed by atoms with E-state index in [0.717, 1.165) is 24.2 Å². The number of nitrogens with one attached hydrogen (secondary N) is 1. The quantitative estimate of drug-likeness (QED) is 0.903. The lowest BCUT2D eigenvalue weighted by Crippen LogP contribution is -2.50. The minimum absolute atomic E-state index is 0.0771. The Morgan fingerprint density at radius 3 is 2.89 bits per heavy atom. The van der Waals surface area contributed by atoms with Crippen LogP contribution in [0.5, 0.6) is 0 Å². The van der Waals surface area contributed by atoms with E-state index in [2.05, 4.69) is 10.3 Å². The molecule has 1 fully saturated rings. The summed E-state index contributed by atoms with van der Waals surface area (Å²) in [5, 5.41) is 2.51. The van der Waals surface area contributed by atoms with Crippen molar-refractivity contribution in [3.05, 3.63) is 10.7 Å². The van der Waals surface area contributed by atoms with Crippen LogP contribution in [0.15, 0.2) is 10.4 Å². The van der Waals surface area contributed by atoms with Crippen LogP contribution in [0.3, 0.4) is 0 Å². The first-order valence-corrected chi connectivity index (χ1v) is 8.45. The second-order valence-electron chi connectivity index (χ2n) is 4.17. The number of halogens is 1. The molecule has 1 aromatic rings. The molecule has 2 rings (SSSR count). The topological polar surface area (TPSA) is 79.4 Å². The number of carbonyl (C=O) groups is 1. The molecule has 106 valence electrons. The zero-order chi connectivity index (χ0) is 14.0. The number of aromatic nitrogens is 1. The fourth-order valence-corrected chi connectivity index (χ4v) is 5.18. The van der Waals surface area contributed by atoms with E-state index in [4.69, 9.17) is 11.6 Å². The van der Waals surface area contributed by atoms with E-state index in [1.54, 1.807) is 0 Å². The molecular formula is C10H14ClN3O3S2. The molecule has 2 heterocycles. The molecule has 1 aliphatic rings. The van der Waals surface area contributed by atoms with Gasteiger partial charge in [-0.05, 0) is 12.8 Å². The van der Waals surface area contributed by atoms with Crippen LogP contribution in [-0.2, 0) is 14.8 Å². The lowest BCUT2D eigenvalue weighted by Gasteiger charge is -2.32. The summed E-state index contributed by atoms with van der Waals surface area (Å²) in [7, 11) is -2.20. The van der Waals surface area contributed by atoms with Crippen LogP contribution in [0.1, 0.15) is 19.3 Å². The van der Waals surface area contributed by atoms with Crippen LogP contribution < -0.4 is 5.32 Å². The number of amides is 1. The van der Waals surface area contributed by atoms with Crippen molar-refractivity contribution in [2.24, 2.45) is 0 Å². The van der Waals surface area contributed by atoms with Crippen molar-refractivity contribution in [2.75, 3.05) is 13.6 Å². The fourth-order valence-electron chi connectivity index (χ4n) is 2.10. The summed E-state index contributed by atoms with van der Waals surface area (Å²) in [4.78, 5) is 15.6. The summed E-state index contributed by atoms with van der Waals surface area (Å²) in [5.41, 5.74) is 0. The van der Waals surface area contributed by atoms with Gasteiger partial charge in [-0.15, -0.1) is 0 Å². The molecule has 0 spiro atoms. The molecule has 9 heteroatoms. The Kier molecular flexibility index (Phi) is 4.44. The van der Waals surface area contributed by atoms with Crippen LogP contribution in [0.2, 0.25) is 4.47 Å². The first-order chi connectivity index (χ1) is 8.96. The van der Waals surface area contributed by atoms with Crippen LogP contribution >= 0.6 is 22.9 Å². The number of piperidine rings is 1. The van der Waals surface area contributed by atoms with E-state index in [9.17, 15) is 13.2 Å². The molecule has 1 aliphatic heterocycles. The molecule has 19 heavy (non-hydrogen) atoms. The largest absolute Gasteiger partial charge is 0.358 e. The van der Waals surface area contributed by atoms with Crippen molar-refractivity contribution in [1.29, 1.82) is 0 Å². The predicted molar refractivity (Wildman–Crippen MR) is 72.7 cm³/mol. The standard InChI is InChI=1S/C10H14ClN3O3S2/c1-12-9(15)7-4-2-3-5-14(7)19(16,17)8-6-13-10(11)18-8/h6-7H,2-5H2,1H3,(H,12,15). The summed E-state index contributed by atoms with van der Waals surface area (Å²) in [6.07, 6.45) is 3.36. The molecule has 0 aliphatic carbocycles. The maximum absolute atomic E-state index is 12.5. The van der Waals surface area contributed by atoms with Gasteiger partial charge in [0.05, 0.1) is 6.20 Å². The fraction of sp³-hybridized carbons (Fsp3) is 0.600. The van der Waals surface area contributed by atoms with Gasteiger partial charge in [0.15, 0.2) is 8.68 Å². The van der Waals surface area contributed by atoms with E-state index >= 15 is 0 Å². The number of hydrogen-bond acceptors (Lipinski definition) is 5. The number of sulfonamides is 1. The highest BCUT2D eigenvalue weighted by Crippen LogP contribution is 2.30. The van der Waals surface area contributed by atoms with Crippen molar-refractivity contribution in [3.63, 3.8) is 0 Å². The maximum Gasteiger partial charge on any atom is 0.254 e. The van der Waals surface area contributed by atoms with Crippen LogP contribution in [-0.4, -0.2) is 43.2 Å². The molecule has 6 nitrogen and oxygen atoms in total.